The molecule has 1 saturated heterocycles. The van der Waals surface area contributed by atoms with Crippen LogP contribution < -0.4 is 10.1 Å². The van der Waals surface area contributed by atoms with Crippen LogP contribution >= 0.6 is 0 Å². The molecule has 2 N–H and O–H groups in total. The lowest BCUT2D eigenvalue weighted by molar-refractivity contribution is -0.144. The fourth-order valence-electron chi connectivity index (χ4n) is 8.69. The van der Waals surface area contributed by atoms with Crippen molar-refractivity contribution >= 4 is 29.1 Å². The Morgan fingerprint density at radius 3 is 2.25 bits per heavy atom. The summed E-state index contributed by atoms with van der Waals surface area (Å²) < 4.78 is 6.07. The molecule has 294 valence electrons. The van der Waals surface area contributed by atoms with Gasteiger partial charge < -0.3 is 24.9 Å². The van der Waals surface area contributed by atoms with Gasteiger partial charge >= 0.3 is 0 Å². The van der Waals surface area contributed by atoms with Gasteiger partial charge in [-0.2, -0.15) is 0 Å². The van der Waals surface area contributed by atoms with Crippen LogP contribution in [0.15, 0.2) is 17.3 Å². The standard InChI is InChI=1S/C43H65N3O7/c1-9-13-31(38(50)36(48)20-30-16-17-30)22-35(47)34-24-43(23-33(45-53-43)32-18-27(4)39(28(5)19-32)52-26(2)3)25-46(34)41(51)40(42(6,7)8)44-37(49)21-29-14-11-10-12-15-29/h18-19,26,29-31,34,38,40,50H,9-17,20-25H2,1-8H3,(H,44,49)/t31-,34+,38?,40-,43-/m1/s1. The first-order valence-corrected chi connectivity index (χ1v) is 20.4. The number of aliphatic hydroxyl groups excluding tert-OH is 1. The van der Waals surface area contributed by atoms with Crippen LogP contribution in [0.4, 0.5) is 0 Å². The number of aryl methyl sites for hydroxylation is 2. The van der Waals surface area contributed by atoms with Gasteiger partial charge in [0.2, 0.25) is 11.8 Å². The fraction of sp³-hybridized carbons (Fsp3) is 0.744. The predicted molar refractivity (Wildman–Crippen MR) is 206 cm³/mol. The molecule has 2 aliphatic carbocycles. The SMILES string of the molecule is CCC[C@H](CC(=O)[C@@H]1C[C@]2(CC(c3cc(C)c(OC(C)C)c(C)c3)=NO2)CN1C(=O)[C@@H](NC(=O)CC1CCCCC1)C(C)(C)C)C(O)C(=O)CC1CC1. The maximum Gasteiger partial charge on any atom is 0.246 e. The minimum Gasteiger partial charge on any atom is -0.490 e. The molecule has 5 rings (SSSR count). The number of hydrogen-bond donors (Lipinski definition) is 2. The number of ketones is 2. The summed E-state index contributed by atoms with van der Waals surface area (Å²) in [6, 6.07) is 2.37. The first kappa shape index (κ1) is 40.9. The number of nitrogens with zero attached hydrogens (tertiary/aromatic N) is 2. The van der Waals surface area contributed by atoms with Crippen molar-refractivity contribution in [1.82, 2.24) is 10.2 Å². The van der Waals surface area contributed by atoms with Crippen LogP contribution in [0.25, 0.3) is 0 Å². The number of Topliss-reactive ketones (excluding diaryl/α,β-unsaturated/α-hetero) is 2. The highest BCUT2D eigenvalue weighted by Crippen LogP contribution is 2.42. The second-order valence-electron chi connectivity index (χ2n) is 18.1. The molecule has 2 heterocycles. The molecule has 1 aromatic rings. The molecule has 5 atom stereocenters. The summed E-state index contributed by atoms with van der Waals surface area (Å²) >= 11 is 0. The summed E-state index contributed by atoms with van der Waals surface area (Å²) in [6.07, 6.45) is 8.89. The van der Waals surface area contributed by atoms with E-state index in [1.807, 2.05) is 67.5 Å². The summed E-state index contributed by atoms with van der Waals surface area (Å²) in [7, 11) is 0. The van der Waals surface area contributed by atoms with Crippen LogP contribution in [0.1, 0.15) is 148 Å². The lowest BCUT2D eigenvalue weighted by Crippen LogP contribution is -2.57. The summed E-state index contributed by atoms with van der Waals surface area (Å²) in [4.78, 5) is 63.6. The fourth-order valence-corrected chi connectivity index (χ4v) is 8.69. The smallest absolute Gasteiger partial charge is 0.246 e. The van der Waals surface area contributed by atoms with Crippen molar-refractivity contribution in [2.24, 2.45) is 28.3 Å². The minimum atomic E-state index is -1.22. The number of carbonyl (C=O) groups is 4. The Balaban J connectivity index is 1.40. The van der Waals surface area contributed by atoms with Crippen molar-refractivity contribution in [3.63, 3.8) is 0 Å². The predicted octanol–water partition coefficient (Wildman–Crippen LogP) is 7.16. The van der Waals surface area contributed by atoms with E-state index in [1.165, 1.54) is 6.42 Å². The Bertz CT molecular complexity index is 1510. The van der Waals surface area contributed by atoms with Crippen LogP contribution in [0, 0.1) is 37.0 Å². The first-order valence-electron chi connectivity index (χ1n) is 20.4. The maximum atomic E-state index is 14.8. The van der Waals surface area contributed by atoms with E-state index in [-0.39, 0.29) is 48.9 Å². The van der Waals surface area contributed by atoms with E-state index >= 15 is 0 Å². The molecule has 0 radical (unpaired) electrons. The number of ether oxygens (including phenoxy) is 1. The van der Waals surface area contributed by atoms with E-state index in [1.54, 1.807) is 4.90 Å². The van der Waals surface area contributed by atoms with Crippen molar-refractivity contribution in [3.8, 4) is 5.75 Å². The Morgan fingerprint density at radius 2 is 1.66 bits per heavy atom. The summed E-state index contributed by atoms with van der Waals surface area (Å²) in [5.41, 5.74) is 2.06. The number of oxime groups is 1. The molecule has 10 nitrogen and oxygen atoms in total. The zero-order valence-electron chi connectivity index (χ0n) is 33.6. The van der Waals surface area contributed by atoms with Gasteiger partial charge in [-0.25, -0.2) is 0 Å². The first-order chi connectivity index (χ1) is 25.0. The minimum absolute atomic E-state index is 0.0203. The zero-order chi connectivity index (χ0) is 38.7. The molecule has 2 aliphatic heterocycles. The highest BCUT2D eigenvalue weighted by atomic mass is 16.7. The molecule has 4 aliphatic rings. The molecule has 1 aromatic carbocycles. The highest BCUT2D eigenvalue weighted by Gasteiger charge is 2.55. The van der Waals surface area contributed by atoms with Gasteiger partial charge in [-0.05, 0) is 106 Å². The number of amides is 2. The second-order valence-corrected chi connectivity index (χ2v) is 18.1. The number of benzene rings is 1. The quantitative estimate of drug-likeness (QED) is 0.184. The molecular formula is C43H65N3O7. The van der Waals surface area contributed by atoms with E-state index in [2.05, 4.69) is 10.5 Å². The molecule has 1 spiro atoms. The highest BCUT2D eigenvalue weighted by molar-refractivity contribution is 6.03. The van der Waals surface area contributed by atoms with Gasteiger partial charge in [0.1, 0.15) is 17.9 Å². The van der Waals surface area contributed by atoms with Crippen LogP contribution in [-0.2, 0) is 24.0 Å². The number of hydrogen-bond acceptors (Lipinski definition) is 8. The topological polar surface area (TPSA) is 135 Å². The van der Waals surface area contributed by atoms with Gasteiger partial charge in [-0.1, -0.05) is 58.5 Å². The molecule has 0 aromatic heterocycles. The average molecular weight is 736 g/mol. The molecule has 1 unspecified atom stereocenters. The zero-order valence-corrected chi connectivity index (χ0v) is 33.6. The van der Waals surface area contributed by atoms with Crippen molar-refractivity contribution < 1.29 is 33.9 Å². The molecule has 53 heavy (non-hydrogen) atoms. The third-order valence-corrected chi connectivity index (χ3v) is 11.7. The molecule has 3 fully saturated rings. The number of likely N-dealkylation sites (tertiary alicyclic amines) is 1. The van der Waals surface area contributed by atoms with Crippen LogP contribution in [0.5, 0.6) is 5.75 Å². The van der Waals surface area contributed by atoms with Gasteiger partial charge in [-0.15, -0.1) is 0 Å². The third-order valence-electron chi connectivity index (χ3n) is 11.7. The van der Waals surface area contributed by atoms with E-state index in [0.717, 1.165) is 66.7 Å². The Morgan fingerprint density at radius 1 is 1.02 bits per heavy atom. The second kappa shape index (κ2) is 17.0. The monoisotopic (exact) mass is 735 g/mol. The lowest BCUT2D eigenvalue weighted by Gasteiger charge is -2.36. The van der Waals surface area contributed by atoms with Gasteiger partial charge in [-0.3, -0.25) is 19.2 Å². The average Bonchev–Trinajstić information content (AvgIpc) is 3.68. The van der Waals surface area contributed by atoms with E-state index < -0.39 is 35.1 Å². The van der Waals surface area contributed by atoms with Crippen LogP contribution in [0.3, 0.4) is 0 Å². The van der Waals surface area contributed by atoms with Crippen molar-refractivity contribution in [1.29, 1.82) is 0 Å². The lowest BCUT2D eigenvalue weighted by atomic mass is 9.83. The van der Waals surface area contributed by atoms with Crippen molar-refractivity contribution in [3.05, 3.63) is 28.8 Å². The Kier molecular flexibility index (Phi) is 13.1. The number of nitrogens with one attached hydrogen (secondary N) is 1. The molecule has 2 amide bonds. The maximum absolute atomic E-state index is 14.8. The van der Waals surface area contributed by atoms with Gasteiger partial charge in [0.05, 0.1) is 24.4 Å². The molecule has 0 bridgehead atoms. The van der Waals surface area contributed by atoms with Gasteiger partial charge in [0.25, 0.3) is 0 Å². The number of carbonyl (C=O) groups excluding carboxylic acids is 4. The van der Waals surface area contributed by atoms with E-state index in [4.69, 9.17) is 9.57 Å². The van der Waals surface area contributed by atoms with Crippen LogP contribution in [-0.4, -0.2) is 75.5 Å². The van der Waals surface area contributed by atoms with Gasteiger partial charge in [0.15, 0.2) is 17.2 Å². The van der Waals surface area contributed by atoms with E-state index in [0.29, 0.717) is 43.9 Å². The Labute approximate surface area is 317 Å². The van der Waals surface area contributed by atoms with Crippen LogP contribution in [0.2, 0.25) is 0 Å². The van der Waals surface area contributed by atoms with Crippen molar-refractivity contribution in [2.45, 2.75) is 175 Å². The third kappa shape index (κ3) is 10.3. The molecular weight excluding hydrogens is 670 g/mol. The normalized spacial score (nSPS) is 23.8. The molecule has 10 heteroatoms. The summed E-state index contributed by atoms with van der Waals surface area (Å²) in [6.45, 7) is 15.9. The largest absolute Gasteiger partial charge is 0.490 e. The summed E-state index contributed by atoms with van der Waals surface area (Å²) in [5, 5.41) is 18.8. The van der Waals surface area contributed by atoms with E-state index in [9.17, 15) is 24.3 Å². The van der Waals surface area contributed by atoms with Gasteiger partial charge in [0, 0.05) is 37.7 Å². The molecule has 2 saturated carbocycles. The summed E-state index contributed by atoms with van der Waals surface area (Å²) in [5.74, 6) is 0.105. The number of rotatable bonds is 16. The van der Waals surface area contributed by atoms with Crippen molar-refractivity contribution in [2.75, 3.05) is 6.54 Å². The Hall–Kier alpha value is -3.27. The number of aliphatic hydroxyl groups is 1.